The minimum atomic E-state index is 0.647. The fourth-order valence-corrected chi connectivity index (χ4v) is 2.41. The van der Waals surface area contributed by atoms with Gasteiger partial charge < -0.3 is 14.8 Å². The van der Waals surface area contributed by atoms with Crippen molar-refractivity contribution in [2.45, 2.75) is 34.2 Å². The van der Waals surface area contributed by atoms with E-state index in [0.717, 1.165) is 49.4 Å². The number of aldehydes is 1. The maximum absolute atomic E-state index is 11.3. The summed E-state index contributed by atoms with van der Waals surface area (Å²) in [7, 11) is 0. The molecule has 0 unspecified atom stereocenters. The van der Waals surface area contributed by atoms with Gasteiger partial charge in [0.15, 0.2) is 6.29 Å². The second-order valence-corrected chi connectivity index (χ2v) is 4.53. The number of hydrogen-bond acceptors (Lipinski definition) is 3. The Balaban J connectivity index is 3.02. The number of carbonyl (C=O) groups excluding carboxylic acids is 2. The molecule has 0 spiro atoms. The van der Waals surface area contributed by atoms with Gasteiger partial charge in [-0.3, -0.25) is 9.59 Å². The molecular weight excluding hydrogens is 242 g/mol. The summed E-state index contributed by atoms with van der Waals surface area (Å²) in [5.41, 5.74) is 3.16. The standard InChI is InChI=1S/C14H23N3O2/c1-5-16(6-2)7-8-17-12(4)14(15-10-19)11(3)13(17)9-18/h9-10H,5-8H2,1-4H3,(H,15,19). The first-order valence-electron chi connectivity index (χ1n) is 6.68. The second-order valence-electron chi connectivity index (χ2n) is 4.53. The van der Waals surface area contributed by atoms with E-state index in [9.17, 15) is 9.59 Å². The van der Waals surface area contributed by atoms with Crippen LogP contribution in [0.3, 0.4) is 0 Å². The first-order chi connectivity index (χ1) is 9.10. The van der Waals surface area contributed by atoms with Crippen molar-refractivity contribution in [1.82, 2.24) is 9.47 Å². The molecule has 0 saturated carbocycles. The molecule has 0 fully saturated rings. The van der Waals surface area contributed by atoms with Crippen LogP contribution in [0.2, 0.25) is 0 Å². The van der Waals surface area contributed by atoms with Crippen LogP contribution in [0.5, 0.6) is 0 Å². The van der Waals surface area contributed by atoms with Gasteiger partial charge in [-0.1, -0.05) is 13.8 Å². The number of likely N-dealkylation sites (N-methyl/N-ethyl adjacent to an activating group) is 1. The van der Waals surface area contributed by atoms with Crippen LogP contribution >= 0.6 is 0 Å². The molecule has 1 heterocycles. The molecule has 5 nitrogen and oxygen atoms in total. The van der Waals surface area contributed by atoms with Crippen LogP contribution in [0.1, 0.15) is 35.6 Å². The first kappa shape index (κ1) is 15.4. The number of carbonyl (C=O) groups is 2. The van der Waals surface area contributed by atoms with Crippen LogP contribution in [-0.2, 0) is 11.3 Å². The highest BCUT2D eigenvalue weighted by molar-refractivity contribution is 5.84. The Morgan fingerprint density at radius 1 is 1.21 bits per heavy atom. The van der Waals surface area contributed by atoms with Crippen LogP contribution in [0, 0.1) is 13.8 Å². The van der Waals surface area contributed by atoms with Crippen molar-refractivity contribution in [2.24, 2.45) is 0 Å². The van der Waals surface area contributed by atoms with E-state index in [-0.39, 0.29) is 0 Å². The maximum Gasteiger partial charge on any atom is 0.211 e. The lowest BCUT2D eigenvalue weighted by atomic mass is 10.2. The van der Waals surface area contributed by atoms with Gasteiger partial charge in [-0.05, 0) is 26.9 Å². The fraction of sp³-hybridized carbons (Fsp3) is 0.571. The molecule has 1 aromatic rings. The van der Waals surface area contributed by atoms with Crippen LogP contribution in [-0.4, -0.2) is 41.8 Å². The third-order valence-corrected chi connectivity index (χ3v) is 3.67. The van der Waals surface area contributed by atoms with Crippen molar-refractivity contribution in [1.29, 1.82) is 0 Å². The molecule has 1 rings (SSSR count). The number of hydrogen-bond donors (Lipinski definition) is 1. The molecule has 0 radical (unpaired) electrons. The van der Waals surface area contributed by atoms with Crippen LogP contribution in [0.25, 0.3) is 0 Å². The van der Waals surface area contributed by atoms with Gasteiger partial charge in [-0.15, -0.1) is 0 Å². The average molecular weight is 265 g/mol. The Morgan fingerprint density at radius 2 is 1.84 bits per heavy atom. The summed E-state index contributed by atoms with van der Waals surface area (Å²) in [5, 5.41) is 2.68. The second kappa shape index (κ2) is 7.09. The molecule has 0 aromatic carbocycles. The van der Waals surface area contributed by atoms with E-state index in [2.05, 4.69) is 24.1 Å². The Kier molecular flexibility index (Phi) is 5.76. The smallest absolute Gasteiger partial charge is 0.211 e. The average Bonchev–Trinajstić information content (AvgIpc) is 2.64. The van der Waals surface area contributed by atoms with Crippen molar-refractivity contribution in [3.05, 3.63) is 17.0 Å². The predicted molar refractivity (Wildman–Crippen MR) is 76.8 cm³/mol. The van der Waals surface area contributed by atoms with Crippen LogP contribution < -0.4 is 5.32 Å². The van der Waals surface area contributed by atoms with Gasteiger partial charge in [0.25, 0.3) is 0 Å². The van der Waals surface area contributed by atoms with Gasteiger partial charge in [0, 0.05) is 24.3 Å². The van der Waals surface area contributed by atoms with E-state index in [0.29, 0.717) is 12.1 Å². The molecule has 0 aliphatic carbocycles. The van der Waals surface area contributed by atoms with Crippen LogP contribution in [0.15, 0.2) is 0 Å². The number of rotatable bonds is 8. The van der Waals surface area contributed by atoms with E-state index in [1.54, 1.807) is 0 Å². The van der Waals surface area contributed by atoms with E-state index in [1.165, 1.54) is 0 Å². The zero-order valence-corrected chi connectivity index (χ0v) is 12.2. The van der Waals surface area contributed by atoms with Gasteiger partial charge >= 0.3 is 0 Å². The summed E-state index contributed by atoms with van der Waals surface area (Å²) in [4.78, 5) is 24.2. The topological polar surface area (TPSA) is 54.3 Å². The molecule has 5 heteroatoms. The third-order valence-electron chi connectivity index (χ3n) is 3.67. The quantitative estimate of drug-likeness (QED) is 0.730. The molecule has 0 atom stereocenters. The zero-order chi connectivity index (χ0) is 14.4. The lowest BCUT2D eigenvalue weighted by Crippen LogP contribution is -2.27. The van der Waals surface area contributed by atoms with E-state index < -0.39 is 0 Å². The van der Waals surface area contributed by atoms with Crippen molar-refractivity contribution >= 4 is 18.4 Å². The molecule has 106 valence electrons. The third kappa shape index (κ3) is 3.23. The minimum Gasteiger partial charge on any atom is -0.339 e. The molecule has 1 N–H and O–H groups in total. The highest BCUT2D eigenvalue weighted by atomic mass is 16.1. The number of amides is 1. The van der Waals surface area contributed by atoms with Gasteiger partial charge in [-0.2, -0.15) is 0 Å². The molecule has 0 bridgehead atoms. The summed E-state index contributed by atoms with van der Waals surface area (Å²) in [6, 6.07) is 0. The summed E-state index contributed by atoms with van der Waals surface area (Å²) in [5.74, 6) is 0. The monoisotopic (exact) mass is 265 g/mol. The predicted octanol–water partition coefficient (Wildman–Crippen LogP) is 1.83. The highest BCUT2D eigenvalue weighted by Crippen LogP contribution is 2.25. The summed E-state index contributed by atoms with van der Waals surface area (Å²) < 4.78 is 1.98. The van der Waals surface area contributed by atoms with Gasteiger partial charge in [0.1, 0.15) is 0 Å². The number of nitrogens with one attached hydrogen (secondary N) is 1. The maximum atomic E-state index is 11.3. The molecule has 1 amide bonds. The summed E-state index contributed by atoms with van der Waals surface area (Å²) >= 11 is 0. The fourth-order valence-electron chi connectivity index (χ4n) is 2.41. The zero-order valence-electron chi connectivity index (χ0n) is 12.2. The molecule has 1 aromatic heterocycles. The molecule has 0 aliphatic heterocycles. The lowest BCUT2D eigenvalue weighted by molar-refractivity contribution is -0.105. The Morgan fingerprint density at radius 3 is 2.32 bits per heavy atom. The van der Waals surface area contributed by atoms with E-state index in [4.69, 9.17) is 0 Å². The van der Waals surface area contributed by atoms with E-state index >= 15 is 0 Å². The SMILES string of the molecule is CCN(CC)CCn1c(C)c(NC=O)c(C)c1C=O. The van der Waals surface area contributed by atoms with Gasteiger partial charge in [0.2, 0.25) is 6.41 Å². The Hall–Kier alpha value is -1.62. The number of aromatic nitrogens is 1. The van der Waals surface area contributed by atoms with Gasteiger partial charge in [0.05, 0.1) is 11.4 Å². The molecule has 0 aliphatic rings. The summed E-state index contributed by atoms with van der Waals surface area (Å²) in [6.45, 7) is 11.7. The van der Waals surface area contributed by atoms with Crippen molar-refractivity contribution in [2.75, 3.05) is 25.0 Å². The van der Waals surface area contributed by atoms with Crippen LogP contribution in [0.4, 0.5) is 5.69 Å². The van der Waals surface area contributed by atoms with E-state index in [1.807, 2.05) is 18.4 Å². The normalized spacial score (nSPS) is 10.8. The molecule has 0 saturated heterocycles. The summed E-state index contributed by atoms with van der Waals surface area (Å²) in [6.07, 6.45) is 1.51. The first-order valence-corrected chi connectivity index (χ1v) is 6.68. The Labute approximate surface area is 114 Å². The van der Waals surface area contributed by atoms with Crippen molar-refractivity contribution in [3.63, 3.8) is 0 Å². The number of anilines is 1. The molecule has 19 heavy (non-hydrogen) atoms. The Bertz CT molecular complexity index is 448. The van der Waals surface area contributed by atoms with Crippen molar-refractivity contribution in [3.8, 4) is 0 Å². The lowest BCUT2D eigenvalue weighted by Gasteiger charge is -2.19. The minimum absolute atomic E-state index is 0.647. The highest BCUT2D eigenvalue weighted by Gasteiger charge is 2.16. The van der Waals surface area contributed by atoms with Gasteiger partial charge in [-0.25, -0.2) is 0 Å². The largest absolute Gasteiger partial charge is 0.339 e. The molecular formula is C14H23N3O2. The number of nitrogens with zero attached hydrogens (tertiary/aromatic N) is 2. The van der Waals surface area contributed by atoms with Crippen molar-refractivity contribution < 1.29 is 9.59 Å².